The molecule has 0 aliphatic carbocycles. The maximum absolute atomic E-state index is 12.5. The molecule has 1 N–H and O–H groups in total. The smallest absolute Gasteiger partial charge is 0.266 e. The van der Waals surface area contributed by atoms with Crippen molar-refractivity contribution in [2.24, 2.45) is 0 Å². The van der Waals surface area contributed by atoms with Gasteiger partial charge < -0.3 is 15.0 Å². The largest absolute Gasteiger partial charge is 0.378 e. The average molecular weight is 400 g/mol. The first-order valence-electron chi connectivity index (χ1n) is 8.75. The van der Waals surface area contributed by atoms with E-state index in [1.165, 1.54) is 23.1 Å². The van der Waals surface area contributed by atoms with Gasteiger partial charge in [0.05, 0.1) is 18.9 Å². The Morgan fingerprint density at radius 1 is 1.23 bits per heavy atom. The average Bonchev–Trinajstić information content (AvgIpc) is 2.98. The van der Waals surface area contributed by atoms with E-state index in [9.17, 15) is 14.4 Å². The Labute approximate surface area is 161 Å². The van der Waals surface area contributed by atoms with E-state index in [4.69, 9.17) is 4.74 Å². The van der Waals surface area contributed by atoms with Gasteiger partial charge >= 0.3 is 0 Å². The van der Waals surface area contributed by atoms with Gasteiger partial charge in [-0.15, -0.1) is 0 Å². The van der Waals surface area contributed by atoms with Gasteiger partial charge in [-0.25, -0.2) is 4.98 Å². The lowest BCUT2D eigenvalue weighted by molar-refractivity contribution is -0.116. The summed E-state index contributed by atoms with van der Waals surface area (Å²) in [4.78, 5) is 42.0. The van der Waals surface area contributed by atoms with Crippen LogP contribution in [0.1, 0.15) is 48.0 Å². The van der Waals surface area contributed by atoms with Crippen LogP contribution in [0.25, 0.3) is 0 Å². The molecule has 2 rings (SSSR count). The Morgan fingerprint density at radius 2 is 1.96 bits per heavy atom. The number of rotatable bonds is 8. The highest BCUT2D eigenvalue weighted by molar-refractivity contribution is 8.13. The van der Waals surface area contributed by atoms with Gasteiger partial charge in [0.1, 0.15) is 4.88 Å². The highest BCUT2D eigenvalue weighted by Crippen LogP contribution is 2.24. The third-order valence-corrected chi connectivity index (χ3v) is 5.85. The van der Waals surface area contributed by atoms with E-state index in [0.29, 0.717) is 48.4 Å². The standard InChI is InChI=1S/C17H25N3O4S2/c1-12-15(16(23)20-7-9-24-10-8-20)26-17(18-12)19-14(22)6-4-3-5-11-25-13(2)21/h3-11H2,1-2H3,(H,18,19,22). The molecule has 1 fully saturated rings. The Kier molecular flexibility index (Phi) is 8.53. The number of anilines is 1. The van der Waals surface area contributed by atoms with Crippen LogP contribution in [0.4, 0.5) is 5.13 Å². The van der Waals surface area contributed by atoms with Crippen molar-refractivity contribution in [3.63, 3.8) is 0 Å². The van der Waals surface area contributed by atoms with Gasteiger partial charge in [0, 0.05) is 32.2 Å². The summed E-state index contributed by atoms with van der Waals surface area (Å²) in [6.07, 6.45) is 3.02. The fourth-order valence-electron chi connectivity index (χ4n) is 2.52. The summed E-state index contributed by atoms with van der Waals surface area (Å²) >= 11 is 2.54. The summed E-state index contributed by atoms with van der Waals surface area (Å²) in [5.74, 6) is 0.658. The Bertz CT molecular complexity index is 642. The van der Waals surface area contributed by atoms with Crippen LogP contribution < -0.4 is 5.32 Å². The number of thiazole rings is 1. The molecule has 9 heteroatoms. The monoisotopic (exact) mass is 399 g/mol. The van der Waals surface area contributed by atoms with Gasteiger partial charge in [0.2, 0.25) is 5.91 Å². The molecular weight excluding hydrogens is 374 g/mol. The van der Waals surface area contributed by atoms with Crippen molar-refractivity contribution >= 4 is 45.2 Å². The lowest BCUT2D eigenvalue weighted by Crippen LogP contribution is -2.40. The summed E-state index contributed by atoms with van der Waals surface area (Å²) in [6.45, 7) is 5.62. The highest BCUT2D eigenvalue weighted by Gasteiger charge is 2.23. The number of morpholine rings is 1. The number of hydrogen-bond acceptors (Lipinski definition) is 7. The summed E-state index contributed by atoms with van der Waals surface area (Å²) in [6, 6.07) is 0. The molecule has 1 aromatic heterocycles. The minimum atomic E-state index is -0.0941. The van der Waals surface area contributed by atoms with Crippen LogP contribution >= 0.6 is 23.1 Å². The molecule has 0 unspecified atom stereocenters. The SMILES string of the molecule is CC(=O)SCCCCCC(=O)Nc1nc(C)c(C(=O)N2CCOCC2)s1. The second kappa shape index (κ2) is 10.6. The lowest BCUT2D eigenvalue weighted by atomic mass is 10.2. The second-order valence-electron chi connectivity index (χ2n) is 6.04. The fourth-order valence-corrected chi connectivity index (χ4v) is 4.11. The number of thioether (sulfide) groups is 1. The van der Waals surface area contributed by atoms with Gasteiger partial charge in [0.25, 0.3) is 5.91 Å². The molecule has 1 saturated heterocycles. The van der Waals surface area contributed by atoms with Gasteiger partial charge in [-0.3, -0.25) is 14.4 Å². The normalized spacial score (nSPS) is 14.3. The third-order valence-electron chi connectivity index (χ3n) is 3.89. The topological polar surface area (TPSA) is 88.6 Å². The third kappa shape index (κ3) is 6.69. The Hall–Kier alpha value is -1.45. The summed E-state index contributed by atoms with van der Waals surface area (Å²) < 4.78 is 5.27. The number of nitrogens with zero attached hydrogens (tertiary/aromatic N) is 2. The van der Waals surface area contributed by atoms with Crippen LogP contribution in [0.15, 0.2) is 0 Å². The first-order chi connectivity index (χ1) is 12.5. The molecule has 0 aromatic carbocycles. The van der Waals surface area contributed by atoms with Gasteiger partial charge in [-0.1, -0.05) is 29.5 Å². The van der Waals surface area contributed by atoms with Gasteiger partial charge in [-0.05, 0) is 19.8 Å². The summed E-state index contributed by atoms with van der Waals surface area (Å²) in [7, 11) is 0. The van der Waals surface area contributed by atoms with E-state index in [2.05, 4.69) is 10.3 Å². The van der Waals surface area contributed by atoms with Gasteiger partial charge in [0.15, 0.2) is 10.2 Å². The number of carbonyl (C=O) groups is 3. The molecule has 0 saturated carbocycles. The molecule has 1 aliphatic rings. The highest BCUT2D eigenvalue weighted by atomic mass is 32.2. The van der Waals surface area contributed by atoms with Crippen molar-refractivity contribution in [2.75, 3.05) is 37.4 Å². The number of amides is 2. The van der Waals surface area contributed by atoms with Crippen molar-refractivity contribution in [3.8, 4) is 0 Å². The summed E-state index contributed by atoms with van der Waals surface area (Å²) in [5, 5.41) is 3.38. The van der Waals surface area contributed by atoms with E-state index in [1.807, 2.05) is 0 Å². The van der Waals surface area contributed by atoms with Crippen molar-refractivity contribution in [1.82, 2.24) is 9.88 Å². The number of hydrogen-bond donors (Lipinski definition) is 1. The predicted octanol–water partition coefficient (Wildman–Crippen LogP) is 2.70. The molecule has 2 amide bonds. The van der Waals surface area contributed by atoms with Crippen LogP contribution in [-0.4, -0.2) is 58.9 Å². The molecular formula is C17H25N3O4S2. The molecule has 1 aromatic rings. The second-order valence-corrected chi connectivity index (χ2v) is 8.31. The van der Waals surface area contributed by atoms with Crippen molar-refractivity contribution in [1.29, 1.82) is 0 Å². The minimum Gasteiger partial charge on any atom is -0.378 e. The molecule has 26 heavy (non-hydrogen) atoms. The Morgan fingerprint density at radius 3 is 2.65 bits per heavy atom. The van der Waals surface area contributed by atoms with Gasteiger partial charge in [-0.2, -0.15) is 0 Å². The van der Waals surface area contributed by atoms with E-state index in [1.54, 1.807) is 18.7 Å². The summed E-state index contributed by atoms with van der Waals surface area (Å²) in [5.41, 5.74) is 0.642. The number of aryl methyl sites for hydroxylation is 1. The predicted molar refractivity (Wildman–Crippen MR) is 104 cm³/mol. The molecule has 0 atom stereocenters. The molecule has 144 valence electrons. The van der Waals surface area contributed by atoms with E-state index >= 15 is 0 Å². The quantitative estimate of drug-likeness (QED) is 0.676. The van der Waals surface area contributed by atoms with E-state index in [-0.39, 0.29) is 16.9 Å². The zero-order chi connectivity index (χ0) is 18.9. The number of carbonyl (C=O) groups excluding carboxylic acids is 3. The maximum atomic E-state index is 12.5. The maximum Gasteiger partial charge on any atom is 0.266 e. The number of ether oxygens (including phenoxy) is 1. The van der Waals surface area contributed by atoms with Crippen LogP contribution in [-0.2, 0) is 14.3 Å². The van der Waals surface area contributed by atoms with Crippen LogP contribution in [0, 0.1) is 6.92 Å². The molecule has 0 radical (unpaired) electrons. The first kappa shape index (κ1) is 20.9. The number of aromatic nitrogens is 1. The lowest BCUT2D eigenvalue weighted by Gasteiger charge is -2.26. The zero-order valence-electron chi connectivity index (χ0n) is 15.2. The van der Waals surface area contributed by atoms with E-state index < -0.39 is 0 Å². The molecule has 1 aliphatic heterocycles. The molecule has 7 nitrogen and oxygen atoms in total. The number of nitrogens with one attached hydrogen (secondary N) is 1. The van der Waals surface area contributed by atoms with Crippen LogP contribution in [0.3, 0.4) is 0 Å². The molecule has 0 spiro atoms. The minimum absolute atomic E-state index is 0.0493. The molecule has 2 heterocycles. The van der Waals surface area contributed by atoms with Crippen molar-refractivity contribution < 1.29 is 19.1 Å². The van der Waals surface area contributed by atoms with Crippen molar-refractivity contribution in [2.45, 2.75) is 39.5 Å². The number of unbranched alkanes of at least 4 members (excludes halogenated alkanes) is 2. The van der Waals surface area contributed by atoms with E-state index in [0.717, 1.165) is 25.0 Å². The fraction of sp³-hybridized carbons (Fsp3) is 0.647. The first-order valence-corrected chi connectivity index (χ1v) is 10.5. The molecule has 0 bridgehead atoms. The van der Waals surface area contributed by atoms with Crippen LogP contribution in [0.2, 0.25) is 0 Å². The van der Waals surface area contributed by atoms with Crippen molar-refractivity contribution in [3.05, 3.63) is 10.6 Å². The zero-order valence-corrected chi connectivity index (χ0v) is 16.8. The Balaban J connectivity index is 1.76. The van der Waals surface area contributed by atoms with Crippen LogP contribution in [0.5, 0.6) is 0 Å².